The van der Waals surface area contributed by atoms with Gasteiger partial charge in [-0.25, -0.2) is 0 Å². The summed E-state index contributed by atoms with van der Waals surface area (Å²) < 4.78 is 38.5. The van der Waals surface area contributed by atoms with Gasteiger partial charge in [-0.2, -0.15) is 18.3 Å². The first-order valence-corrected chi connectivity index (χ1v) is 7.67. The number of amides is 1. The van der Waals surface area contributed by atoms with Gasteiger partial charge in [-0.05, 0) is 43.2 Å². The average molecular weight is 347 g/mol. The third kappa shape index (κ3) is 3.50. The Hall–Kier alpha value is -2.83. The van der Waals surface area contributed by atoms with E-state index in [1.807, 2.05) is 6.92 Å². The molecule has 1 amide bonds. The van der Waals surface area contributed by atoms with Crippen LogP contribution in [-0.2, 0) is 11.0 Å². The fourth-order valence-corrected chi connectivity index (χ4v) is 2.69. The minimum Gasteiger partial charge on any atom is -0.325 e. The fraction of sp³-hybridized carbons (Fsp3) is 0.222. The van der Waals surface area contributed by atoms with Crippen LogP contribution in [0, 0.1) is 6.92 Å². The molecular formula is C18H16F3N3O. The Morgan fingerprint density at radius 1 is 1.24 bits per heavy atom. The van der Waals surface area contributed by atoms with Crippen molar-refractivity contribution in [2.45, 2.75) is 25.9 Å². The Balaban J connectivity index is 1.82. The van der Waals surface area contributed by atoms with E-state index in [9.17, 15) is 18.0 Å². The highest BCUT2D eigenvalue weighted by molar-refractivity contribution is 5.97. The van der Waals surface area contributed by atoms with Gasteiger partial charge < -0.3 is 5.32 Å². The second-order valence-electron chi connectivity index (χ2n) is 5.96. The first-order valence-electron chi connectivity index (χ1n) is 7.67. The van der Waals surface area contributed by atoms with Gasteiger partial charge in [-0.1, -0.05) is 18.2 Å². The molecule has 0 saturated heterocycles. The first-order chi connectivity index (χ1) is 11.8. The van der Waals surface area contributed by atoms with Crippen LogP contribution >= 0.6 is 0 Å². The van der Waals surface area contributed by atoms with E-state index in [1.54, 1.807) is 25.3 Å². The van der Waals surface area contributed by atoms with Crippen molar-refractivity contribution in [1.82, 2.24) is 10.2 Å². The number of aryl methyl sites for hydroxylation is 1. The van der Waals surface area contributed by atoms with Crippen LogP contribution in [0.4, 0.5) is 18.9 Å². The minimum atomic E-state index is -4.44. The average Bonchev–Trinajstić information content (AvgIpc) is 3.02. The van der Waals surface area contributed by atoms with Gasteiger partial charge >= 0.3 is 6.18 Å². The predicted molar refractivity (Wildman–Crippen MR) is 89.3 cm³/mol. The molecule has 0 spiro atoms. The van der Waals surface area contributed by atoms with Gasteiger partial charge in [0, 0.05) is 11.1 Å². The Bertz CT molecular complexity index is 931. The third-order valence-electron chi connectivity index (χ3n) is 4.14. The first kappa shape index (κ1) is 17.0. The number of hydrogen-bond acceptors (Lipinski definition) is 2. The van der Waals surface area contributed by atoms with Crippen LogP contribution in [-0.4, -0.2) is 16.1 Å². The molecule has 0 fully saturated rings. The van der Waals surface area contributed by atoms with E-state index in [-0.39, 0.29) is 5.91 Å². The SMILES string of the molecule is Cc1cc(NC(=O)C(C)c2cccc(C(F)(F)F)c2)cc2[nH]ncc12. The topological polar surface area (TPSA) is 57.8 Å². The van der Waals surface area contributed by atoms with Crippen LogP contribution in [0.25, 0.3) is 10.9 Å². The number of benzene rings is 2. The number of H-pyrrole nitrogens is 1. The highest BCUT2D eigenvalue weighted by atomic mass is 19.4. The maximum absolute atomic E-state index is 12.8. The zero-order valence-electron chi connectivity index (χ0n) is 13.6. The summed E-state index contributed by atoms with van der Waals surface area (Å²) in [6.45, 7) is 3.47. The molecule has 7 heteroatoms. The monoisotopic (exact) mass is 347 g/mol. The van der Waals surface area contributed by atoms with Crippen LogP contribution in [0.3, 0.4) is 0 Å². The van der Waals surface area contributed by atoms with Crippen LogP contribution in [0.5, 0.6) is 0 Å². The lowest BCUT2D eigenvalue weighted by Crippen LogP contribution is -2.19. The summed E-state index contributed by atoms with van der Waals surface area (Å²) in [7, 11) is 0. The van der Waals surface area contributed by atoms with Crippen molar-refractivity contribution in [3.63, 3.8) is 0 Å². The lowest BCUT2D eigenvalue weighted by molar-refractivity contribution is -0.137. The maximum Gasteiger partial charge on any atom is 0.416 e. The van der Waals surface area contributed by atoms with Gasteiger partial charge in [0.2, 0.25) is 5.91 Å². The van der Waals surface area contributed by atoms with Crippen molar-refractivity contribution in [3.05, 3.63) is 59.3 Å². The Labute approximate surface area is 142 Å². The van der Waals surface area contributed by atoms with E-state index in [0.717, 1.165) is 28.6 Å². The van der Waals surface area contributed by atoms with E-state index >= 15 is 0 Å². The van der Waals surface area contributed by atoms with Crippen LogP contribution in [0.15, 0.2) is 42.6 Å². The van der Waals surface area contributed by atoms with Crippen molar-refractivity contribution in [2.75, 3.05) is 5.32 Å². The maximum atomic E-state index is 12.8. The molecule has 0 aliphatic rings. The Morgan fingerprint density at radius 3 is 2.72 bits per heavy atom. The summed E-state index contributed by atoms with van der Waals surface area (Å²) in [6.07, 6.45) is -2.74. The quantitative estimate of drug-likeness (QED) is 0.726. The number of aromatic nitrogens is 2. The van der Waals surface area contributed by atoms with Gasteiger partial charge in [0.15, 0.2) is 0 Å². The Morgan fingerprint density at radius 2 is 2.00 bits per heavy atom. The number of aromatic amines is 1. The summed E-state index contributed by atoms with van der Waals surface area (Å²) in [5, 5.41) is 10.5. The normalized spacial score (nSPS) is 13.0. The molecule has 0 aliphatic heterocycles. The fourth-order valence-electron chi connectivity index (χ4n) is 2.69. The number of anilines is 1. The van der Waals surface area contributed by atoms with Gasteiger partial charge in [-0.3, -0.25) is 9.89 Å². The second-order valence-corrected chi connectivity index (χ2v) is 5.96. The summed E-state index contributed by atoms with van der Waals surface area (Å²) in [5.74, 6) is -1.10. The standard InChI is InChI=1S/C18H16F3N3O/c1-10-6-14(8-16-15(10)9-22-24-16)23-17(25)11(2)12-4-3-5-13(7-12)18(19,20)21/h3-9,11H,1-2H3,(H,22,24)(H,23,25). The lowest BCUT2D eigenvalue weighted by atomic mass is 9.98. The van der Waals surface area contributed by atoms with Gasteiger partial charge in [0.05, 0.1) is 23.2 Å². The van der Waals surface area contributed by atoms with E-state index in [2.05, 4.69) is 15.5 Å². The summed E-state index contributed by atoms with van der Waals surface area (Å²) in [6, 6.07) is 8.36. The van der Waals surface area contributed by atoms with E-state index in [4.69, 9.17) is 0 Å². The van der Waals surface area contributed by atoms with E-state index in [0.29, 0.717) is 11.3 Å². The molecule has 1 unspecified atom stereocenters. The number of nitrogens with zero attached hydrogens (tertiary/aromatic N) is 1. The largest absolute Gasteiger partial charge is 0.416 e. The molecule has 25 heavy (non-hydrogen) atoms. The Kier molecular flexibility index (Phi) is 4.24. The molecule has 0 radical (unpaired) electrons. The third-order valence-corrected chi connectivity index (χ3v) is 4.14. The van der Waals surface area contributed by atoms with Crippen molar-refractivity contribution in [1.29, 1.82) is 0 Å². The zero-order valence-corrected chi connectivity index (χ0v) is 13.6. The van der Waals surface area contributed by atoms with Gasteiger partial charge in [-0.15, -0.1) is 0 Å². The molecule has 4 nitrogen and oxygen atoms in total. The number of fused-ring (bicyclic) bond motifs is 1. The van der Waals surface area contributed by atoms with Gasteiger partial charge in [0.25, 0.3) is 0 Å². The molecular weight excluding hydrogens is 331 g/mol. The highest BCUT2D eigenvalue weighted by Gasteiger charge is 2.31. The smallest absolute Gasteiger partial charge is 0.325 e. The van der Waals surface area contributed by atoms with Crippen molar-refractivity contribution in [2.24, 2.45) is 0 Å². The molecule has 2 N–H and O–H groups in total. The molecule has 0 bridgehead atoms. The molecule has 0 aliphatic carbocycles. The number of carbonyl (C=O) groups is 1. The van der Waals surface area contributed by atoms with Crippen molar-refractivity contribution < 1.29 is 18.0 Å². The molecule has 1 atom stereocenters. The van der Waals surface area contributed by atoms with Crippen molar-refractivity contribution >= 4 is 22.5 Å². The molecule has 130 valence electrons. The van der Waals surface area contributed by atoms with E-state index < -0.39 is 17.7 Å². The minimum absolute atomic E-state index is 0.312. The van der Waals surface area contributed by atoms with Crippen LogP contribution in [0.1, 0.15) is 29.5 Å². The molecule has 1 aromatic heterocycles. The number of rotatable bonds is 3. The second kappa shape index (κ2) is 6.23. The molecule has 1 heterocycles. The predicted octanol–water partition coefficient (Wildman–Crippen LogP) is 4.63. The zero-order chi connectivity index (χ0) is 18.2. The van der Waals surface area contributed by atoms with Crippen LogP contribution < -0.4 is 5.32 Å². The van der Waals surface area contributed by atoms with Gasteiger partial charge in [0.1, 0.15) is 0 Å². The number of nitrogens with one attached hydrogen (secondary N) is 2. The molecule has 3 aromatic rings. The number of halogens is 3. The lowest BCUT2D eigenvalue weighted by Gasteiger charge is -2.15. The number of hydrogen-bond donors (Lipinski definition) is 2. The molecule has 3 rings (SSSR count). The van der Waals surface area contributed by atoms with Crippen LogP contribution in [0.2, 0.25) is 0 Å². The summed E-state index contributed by atoms with van der Waals surface area (Å²) >= 11 is 0. The van der Waals surface area contributed by atoms with E-state index in [1.165, 1.54) is 12.1 Å². The molecule has 2 aromatic carbocycles. The molecule has 0 saturated carbocycles. The highest BCUT2D eigenvalue weighted by Crippen LogP contribution is 2.31. The number of carbonyl (C=O) groups excluding carboxylic acids is 1. The summed E-state index contributed by atoms with van der Waals surface area (Å²) in [5.41, 5.74) is 1.83. The summed E-state index contributed by atoms with van der Waals surface area (Å²) in [4.78, 5) is 12.4. The number of alkyl halides is 3. The van der Waals surface area contributed by atoms with Crippen molar-refractivity contribution in [3.8, 4) is 0 Å².